The molecular weight excluding hydrogens is 216 g/mol. The number of rotatable bonds is 2. The molecule has 0 aromatic heterocycles. The van der Waals surface area contributed by atoms with Crippen LogP contribution in [-0.4, -0.2) is 34.8 Å². The predicted octanol–water partition coefficient (Wildman–Crippen LogP) is 1.30. The zero-order valence-corrected chi connectivity index (χ0v) is 11.0. The minimum absolute atomic E-state index is 0.00910. The van der Waals surface area contributed by atoms with Crippen LogP contribution in [0.3, 0.4) is 0 Å². The predicted molar refractivity (Wildman–Crippen MR) is 65.4 cm³/mol. The average Bonchev–Trinajstić information content (AvgIpc) is 2.41. The van der Waals surface area contributed by atoms with Crippen LogP contribution in [0.15, 0.2) is 0 Å². The minimum atomic E-state index is -0.146. The summed E-state index contributed by atoms with van der Waals surface area (Å²) in [5, 5.41) is 3.01. The Kier molecular flexibility index (Phi) is 3.15. The Labute approximate surface area is 103 Å². The number of hydrogen-bond acceptors (Lipinski definition) is 2. The van der Waals surface area contributed by atoms with Crippen molar-refractivity contribution in [2.45, 2.75) is 58.0 Å². The molecule has 2 fully saturated rings. The van der Waals surface area contributed by atoms with Gasteiger partial charge in [-0.1, -0.05) is 6.42 Å². The topological polar surface area (TPSA) is 49.4 Å². The van der Waals surface area contributed by atoms with E-state index in [-0.39, 0.29) is 29.3 Å². The van der Waals surface area contributed by atoms with Crippen LogP contribution in [0.5, 0.6) is 0 Å². The maximum Gasteiger partial charge on any atom is 0.225 e. The van der Waals surface area contributed by atoms with Crippen molar-refractivity contribution in [2.75, 3.05) is 6.54 Å². The molecule has 4 heteroatoms. The number of likely N-dealkylation sites (tertiary alicyclic amines) is 1. The molecule has 2 amide bonds. The summed E-state index contributed by atoms with van der Waals surface area (Å²) in [6.45, 7) is 6.74. The third-order valence-electron chi connectivity index (χ3n) is 3.76. The monoisotopic (exact) mass is 238 g/mol. The molecule has 96 valence electrons. The standard InChI is InChI=1S/C13H22N2O2/c1-13(2,3)15-8-10(7-11(15)16)14-12(17)9-5-4-6-9/h9-10H,4-8H2,1-3H3,(H,14,17). The lowest BCUT2D eigenvalue weighted by Crippen LogP contribution is -2.46. The van der Waals surface area contributed by atoms with Crippen LogP contribution in [0.2, 0.25) is 0 Å². The lowest BCUT2D eigenvalue weighted by molar-refractivity contribution is -0.131. The summed E-state index contributed by atoms with van der Waals surface area (Å²) in [4.78, 5) is 25.5. The smallest absolute Gasteiger partial charge is 0.225 e. The Morgan fingerprint density at radius 3 is 2.41 bits per heavy atom. The molecule has 1 aliphatic carbocycles. The molecule has 0 aromatic rings. The number of carbonyl (C=O) groups excluding carboxylic acids is 2. The molecule has 0 aromatic carbocycles. The Morgan fingerprint density at radius 1 is 1.35 bits per heavy atom. The van der Waals surface area contributed by atoms with E-state index in [2.05, 4.69) is 5.32 Å². The zero-order valence-electron chi connectivity index (χ0n) is 11.0. The first kappa shape index (κ1) is 12.4. The number of hydrogen-bond donors (Lipinski definition) is 1. The molecule has 1 heterocycles. The molecule has 1 N–H and O–H groups in total. The van der Waals surface area contributed by atoms with E-state index in [1.165, 1.54) is 0 Å². The van der Waals surface area contributed by atoms with E-state index in [0.29, 0.717) is 13.0 Å². The Morgan fingerprint density at radius 2 is 2.00 bits per heavy atom. The van der Waals surface area contributed by atoms with Gasteiger partial charge in [0.2, 0.25) is 11.8 Å². The summed E-state index contributed by atoms with van der Waals surface area (Å²) in [6, 6.07) is 0.00910. The van der Waals surface area contributed by atoms with E-state index in [9.17, 15) is 9.59 Å². The summed E-state index contributed by atoms with van der Waals surface area (Å²) in [5.74, 6) is 0.495. The van der Waals surface area contributed by atoms with Gasteiger partial charge in [-0.05, 0) is 33.6 Å². The molecule has 1 saturated heterocycles. The van der Waals surface area contributed by atoms with Gasteiger partial charge in [0.25, 0.3) is 0 Å². The first-order chi connectivity index (χ1) is 7.88. The fourth-order valence-electron chi connectivity index (χ4n) is 2.44. The van der Waals surface area contributed by atoms with Gasteiger partial charge in [-0.2, -0.15) is 0 Å². The van der Waals surface area contributed by atoms with Crippen molar-refractivity contribution in [3.8, 4) is 0 Å². The molecule has 0 bridgehead atoms. The van der Waals surface area contributed by atoms with E-state index in [1.54, 1.807) is 0 Å². The molecule has 0 radical (unpaired) electrons. The molecule has 0 spiro atoms. The van der Waals surface area contributed by atoms with Gasteiger partial charge < -0.3 is 10.2 Å². The van der Waals surface area contributed by atoms with Crippen LogP contribution in [0.1, 0.15) is 46.5 Å². The highest BCUT2D eigenvalue weighted by molar-refractivity contribution is 5.83. The highest BCUT2D eigenvalue weighted by atomic mass is 16.2. The molecule has 1 unspecified atom stereocenters. The molecule has 1 atom stereocenters. The van der Waals surface area contributed by atoms with Crippen LogP contribution in [0.4, 0.5) is 0 Å². The summed E-state index contributed by atoms with van der Waals surface area (Å²) >= 11 is 0. The summed E-state index contributed by atoms with van der Waals surface area (Å²) in [7, 11) is 0. The lowest BCUT2D eigenvalue weighted by Gasteiger charge is -2.32. The largest absolute Gasteiger partial charge is 0.351 e. The third-order valence-corrected chi connectivity index (χ3v) is 3.76. The maximum absolute atomic E-state index is 11.8. The van der Waals surface area contributed by atoms with Crippen molar-refractivity contribution < 1.29 is 9.59 Å². The second kappa shape index (κ2) is 4.31. The molecule has 4 nitrogen and oxygen atoms in total. The normalized spacial score (nSPS) is 25.9. The first-order valence-corrected chi connectivity index (χ1v) is 6.49. The Hall–Kier alpha value is -1.06. The number of amides is 2. The van der Waals surface area contributed by atoms with Crippen LogP contribution >= 0.6 is 0 Å². The average molecular weight is 238 g/mol. The number of nitrogens with one attached hydrogen (secondary N) is 1. The molecular formula is C13H22N2O2. The van der Waals surface area contributed by atoms with E-state index >= 15 is 0 Å². The highest BCUT2D eigenvalue weighted by Crippen LogP contribution is 2.27. The van der Waals surface area contributed by atoms with Crippen LogP contribution in [0.25, 0.3) is 0 Å². The van der Waals surface area contributed by atoms with E-state index in [0.717, 1.165) is 19.3 Å². The second-order valence-electron chi connectivity index (χ2n) is 6.21. The van der Waals surface area contributed by atoms with Gasteiger partial charge in [0.1, 0.15) is 0 Å². The highest BCUT2D eigenvalue weighted by Gasteiger charge is 2.37. The van der Waals surface area contributed by atoms with Crippen molar-refractivity contribution >= 4 is 11.8 Å². The second-order valence-corrected chi connectivity index (χ2v) is 6.21. The van der Waals surface area contributed by atoms with E-state index in [1.807, 2.05) is 25.7 Å². The van der Waals surface area contributed by atoms with Crippen molar-refractivity contribution in [1.82, 2.24) is 10.2 Å². The number of nitrogens with zero attached hydrogens (tertiary/aromatic N) is 1. The Balaban J connectivity index is 1.88. The van der Waals surface area contributed by atoms with Gasteiger partial charge in [0.15, 0.2) is 0 Å². The minimum Gasteiger partial charge on any atom is -0.351 e. The van der Waals surface area contributed by atoms with Crippen LogP contribution < -0.4 is 5.32 Å². The van der Waals surface area contributed by atoms with Gasteiger partial charge in [-0.25, -0.2) is 0 Å². The van der Waals surface area contributed by atoms with Gasteiger partial charge in [-0.15, -0.1) is 0 Å². The van der Waals surface area contributed by atoms with Gasteiger partial charge in [0.05, 0.1) is 6.04 Å². The van der Waals surface area contributed by atoms with Crippen molar-refractivity contribution in [3.05, 3.63) is 0 Å². The molecule has 17 heavy (non-hydrogen) atoms. The molecule has 2 aliphatic rings. The third kappa shape index (κ3) is 2.61. The zero-order chi connectivity index (χ0) is 12.6. The molecule has 2 rings (SSSR count). The lowest BCUT2D eigenvalue weighted by atomic mass is 9.84. The van der Waals surface area contributed by atoms with Crippen LogP contribution in [0, 0.1) is 5.92 Å². The van der Waals surface area contributed by atoms with Gasteiger partial charge in [-0.3, -0.25) is 9.59 Å². The maximum atomic E-state index is 11.8. The Bertz CT molecular complexity index is 329. The van der Waals surface area contributed by atoms with Gasteiger partial charge >= 0.3 is 0 Å². The van der Waals surface area contributed by atoms with Crippen molar-refractivity contribution in [2.24, 2.45) is 5.92 Å². The summed E-state index contributed by atoms with van der Waals surface area (Å²) in [5.41, 5.74) is -0.146. The molecule has 1 aliphatic heterocycles. The molecule has 1 saturated carbocycles. The van der Waals surface area contributed by atoms with Crippen molar-refractivity contribution in [1.29, 1.82) is 0 Å². The summed E-state index contributed by atoms with van der Waals surface area (Å²) < 4.78 is 0. The van der Waals surface area contributed by atoms with Gasteiger partial charge in [0, 0.05) is 24.4 Å². The number of carbonyl (C=O) groups is 2. The SMILES string of the molecule is CC(C)(C)N1CC(NC(=O)C2CCC2)CC1=O. The van der Waals surface area contributed by atoms with E-state index in [4.69, 9.17) is 0 Å². The first-order valence-electron chi connectivity index (χ1n) is 6.49. The van der Waals surface area contributed by atoms with Crippen molar-refractivity contribution in [3.63, 3.8) is 0 Å². The summed E-state index contributed by atoms with van der Waals surface area (Å²) in [6.07, 6.45) is 3.64. The quantitative estimate of drug-likeness (QED) is 0.788. The van der Waals surface area contributed by atoms with Crippen LogP contribution in [-0.2, 0) is 9.59 Å². The fraction of sp³-hybridized carbons (Fsp3) is 0.846. The van der Waals surface area contributed by atoms with E-state index < -0.39 is 0 Å². The fourth-order valence-corrected chi connectivity index (χ4v) is 2.44.